The number of allylic oxidation sites excluding steroid dienone is 1. The minimum Gasteiger partial charge on any atom is -0.497 e. The summed E-state index contributed by atoms with van der Waals surface area (Å²) in [7, 11) is 1.48. The van der Waals surface area contributed by atoms with Crippen LogP contribution in [-0.4, -0.2) is 37.8 Å². The van der Waals surface area contributed by atoms with E-state index in [9.17, 15) is 22.8 Å². The van der Waals surface area contributed by atoms with Crippen molar-refractivity contribution in [2.75, 3.05) is 18.6 Å². The summed E-state index contributed by atoms with van der Waals surface area (Å²) in [5, 5.41) is 9.10. The van der Waals surface area contributed by atoms with Crippen molar-refractivity contribution in [1.29, 1.82) is 5.26 Å². The number of carbonyl (C=O) groups excluding carboxylic acids is 2. The van der Waals surface area contributed by atoms with E-state index in [-0.39, 0.29) is 30.7 Å². The molecule has 2 aliphatic rings. The number of carbonyl (C=O) groups is 2. The predicted molar refractivity (Wildman–Crippen MR) is 86.6 cm³/mol. The van der Waals surface area contributed by atoms with Crippen LogP contribution in [0.15, 0.2) is 35.9 Å². The fourth-order valence-electron chi connectivity index (χ4n) is 3.36. The van der Waals surface area contributed by atoms with Gasteiger partial charge in [0.2, 0.25) is 0 Å². The molecule has 6 nitrogen and oxygen atoms in total. The Balaban J connectivity index is 1.94. The largest absolute Gasteiger partial charge is 0.497 e. The van der Waals surface area contributed by atoms with Gasteiger partial charge in [0.15, 0.2) is 12.0 Å². The van der Waals surface area contributed by atoms with Crippen LogP contribution in [0.1, 0.15) is 12.8 Å². The second kappa shape index (κ2) is 6.61. The Kier molecular flexibility index (Phi) is 4.59. The van der Waals surface area contributed by atoms with Gasteiger partial charge < -0.3 is 14.4 Å². The number of esters is 1. The highest BCUT2D eigenvalue weighted by Gasteiger charge is 2.57. The van der Waals surface area contributed by atoms with Gasteiger partial charge in [0.1, 0.15) is 11.8 Å². The number of alkyl halides is 3. The lowest BCUT2D eigenvalue weighted by Gasteiger charge is -2.56. The molecule has 142 valence electrons. The van der Waals surface area contributed by atoms with Crippen molar-refractivity contribution in [2.45, 2.75) is 25.2 Å². The van der Waals surface area contributed by atoms with E-state index in [1.807, 2.05) is 0 Å². The molecule has 1 aliphatic carbocycles. The summed E-state index contributed by atoms with van der Waals surface area (Å²) in [5.41, 5.74) is -0.603. The second-order valence-corrected chi connectivity index (χ2v) is 6.41. The summed E-state index contributed by atoms with van der Waals surface area (Å²) < 4.78 is 48.0. The SMILES string of the molecule is COc1ccc(N2CC3(C=C(C#N)C(=O)CC3)C2OC(=O)C(F)(F)F)cc1. The number of hydrogen-bond acceptors (Lipinski definition) is 6. The first-order chi connectivity index (χ1) is 12.7. The second-order valence-electron chi connectivity index (χ2n) is 6.41. The number of nitriles is 1. The summed E-state index contributed by atoms with van der Waals surface area (Å²) in [6, 6.07) is 8.28. The maximum atomic E-state index is 12.7. The molecule has 1 spiro atoms. The van der Waals surface area contributed by atoms with E-state index in [1.165, 1.54) is 18.1 Å². The van der Waals surface area contributed by atoms with Crippen molar-refractivity contribution < 1.29 is 32.2 Å². The third-order valence-electron chi connectivity index (χ3n) is 4.76. The van der Waals surface area contributed by atoms with Crippen molar-refractivity contribution in [3.05, 3.63) is 35.9 Å². The number of nitrogens with zero attached hydrogens (tertiary/aromatic N) is 2. The number of hydrogen-bond donors (Lipinski definition) is 0. The van der Waals surface area contributed by atoms with Crippen LogP contribution in [0, 0.1) is 16.7 Å². The third-order valence-corrected chi connectivity index (χ3v) is 4.76. The average molecular weight is 380 g/mol. The van der Waals surface area contributed by atoms with E-state index in [0.29, 0.717) is 11.4 Å². The van der Waals surface area contributed by atoms with Gasteiger partial charge in [-0.3, -0.25) is 4.79 Å². The molecular formula is C18H15F3N2O4. The van der Waals surface area contributed by atoms with Crippen molar-refractivity contribution >= 4 is 17.4 Å². The predicted octanol–water partition coefficient (Wildman–Crippen LogP) is 2.75. The third kappa shape index (κ3) is 3.35. The molecule has 0 saturated carbocycles. The molecule has 0 N–H and O–H groups in total. The monoisotopic (exact) mass is 380 g/mol. The van der Waals surface area contributed by atoms with Crippen LogP contribution >= 0.6 is 0 Å². The van der Waals surface area contributed by atoms with Crippen LogP contribution in [0.25, 0.3) is 0 Å². The van der Waals surface area contributed by atoms with Crippen LogP contribution in [0.2, 0.25) is 0 Å². The summed E-state index contributed by atoms with van der Waals surface area (Å²) in [4.78, 5) is 24.7. The number of ether oxygens (including phenoxy) is 2. The fraction of sp³-hybridized carbons (Fsp3) is 0.389. The molecule has 3 rings (SSSR count). The van der Waals surface area contributed by atoms with Gasteiger partial charge in [0.25, 0.3) is 0 Å². The van der Waals surface area contributed by atoms with Gasteiger partial charge in [-0.25, -0.2) is 4.79 Å². The van der Waals surface area contributed by atoms with Gasteiger partial charge in [-0.2, -0.15) is 18.4 Å². The number of Topliss-reactive ketones (excluding diaryl/α,β-unsaturated/α-hetero) is 1. The molecule has 1 aromatic rings. The summed E-state index contributed by atoms with van der Waals surface area (Å²) in [6.45, 7) is 0.216. The molecule has 1 saturated heterocycles. The molecule has 0 bridgehead atoms. The molecule has 1 aliphatic heterocycles. The number of methoxy groups -OCH3 is 1. The molecule has 2 unspecified atom stereocenters. The van der Waals surface area contributed by atoms with Crippen molar-refractivity contribution in [2.24, 2.45) is 5.41 Å². The summed E-state index contributed by atoms with van der Waals surface area (Å²) in [6.07, 6.45) is -4.87. The first kappa shape index (κ1) is 18.8. The highest BCUT2D eigenvalue weighted by Crippen LogP contribution is 2.49. The Morgan fingerprint density at radius 3 is 2.56 bits per heavy atom. The van der Waals surface area contributed by atoms with Crippen LogP contribution in [0.3, 0.4) is 0 Å². The average Bonchev–Trinajstić information content (AvgIpc) is 2.64. The van der Waals surface area contributed by atoms with Crippen LogP contribution in [0.5, 0.6) is 5.75 Å². The zero-order chi connectivity index (χ0) is 19.8. The van der Waals surface area contributed by atoms with E-state index in [4.69, 9.17) is 14.7 Å². The topological polar surface area (TPSA) is 79.6 Å². The van der Waals surface area contributed by atoms with Gasteiger partial charge in [0, 0.05) is 18.7 Å². The lowest BCUT2D eigenvalue weighted by molar-refractivity contribution is -0.214. The van der Waals surface area contributed by atoms with Crippen molar-refractivity contribution in [3.63, 3.8) is 0 Å². The molecular weight excluding hydrogens is 365 g/mol. The lowest BCUT2D eigenvalue weighted by atomic mass is 9.68. The molecule has 1 fully saturated rings. The molecule has 0 radical (unpaired) electrons. The van der Waals surface area contributed by atoms with E-state index < -0.39 is 23.8 Å². The molecule has 0 aromatic heterocycles. The minimum absolute atomic E-state index is 0.00984. The van der Waals surface area contributed by atoms with Gasteiger partial charge >= 0.3 is 12.1 Å². The Morgan fingerprint density at radius 2 is 2.00 bits per heavy atom. The number of anilines is 1. The number of ketones is 1. The Hall–Kier alpha value is -3.02. The summed E-state index contributed by atoms with van der Waals surface area (Å²) >= 11 is 0. The Morgan fingerprint density at radius 1 is 1.33 bits per heavy atom. The standard InChI is InChI=1S/C18H15F3N2O4/c1-26-13-4-2-12(3-5-13)23-10-17(7-6-14(24)11(8-17)9-22)15(23)27-16(25)18(19,20)21/h2-5,8,15H,6-7,10H2,1H3. The highest BCUT2D eigenvalue weighted by molar-refractivity contribution is 6.00. The van der Waals surface area contributed by atoms with E-state index >= 15 is 0 Å². The molecule has 1 heterocycles. The van der Waals surface area contributed by atoms with Crippen LogP contribution in [0.4, 0.5) is 18.9 Å². The van der Waals surface area contributed by atoms with E-state index in [2.05, 4.69) is 0 Å². The number of rotatable bonds is 3. The summed E-state index contributed by atoms with van der Waals surface area (Å²) in [5.74, 6) is -2.12. The first-order valence-electron chi connectivity index (χ1n) is 8.05. The zero-order valence-corrected chi connectivity index (χ0v) is 14.2. The van der Waals surface area contributed by atoms with Gasteiger partial charge in [-0.15, -0.1) is 0 Å². The lowest BCUT2D eigenvalue weighted by Crippen LogP contribution is -2.67. The van der Waals surface area contributed by atoms with E-state index in [1.54, 1.807) is 30.3 Å². The quantitative estimate of drug-likeness (QED) is 0.751. The molecule has 0 amide bonds. The van der Waals surface area contributed by atoms with Gasteiger partial charge in [0.05, 0.1) is 18.1 Å². The normalized spacial score (nSPS) is 24.7. The van der Waals surface area contributed by atoms with Crippen molar-refractivity contribution in [3.8, 4) is 11.8 Å². The van der Waals surface area contributed by atoms with Gasteiger partial charge in [-0.05, 0) is 36.8 Å². The molecule has 9 heteroatoms. The first-order valence-corrected chi connectivity index (χ1v) is 8.05. The van der Waals surface area contributed by atoms with Crippen molar-refractivity contribution in [1.82, 2.24) is 0 Å². The Bertz CT molecular complexity index is 842. The smallest absolute Gasteiger partial charge is 0.491 e. The van der Waals surface area contributed by atoms with Crippen LogP contribution in [-0.2, 0) is 14.3 Å². The van der Waals surface area contributed by atoms with Gasteiger partial charge in [-0.1, -0.05) is 0 Å². The zero-order valence-electron chi connectivity index (χ0n) is 14.2. The van der Waals surface area contributed by atoms with E-state index in [0.717, 1.165) is 0 Å². The maximum absolute atomic E-state index is 12.7. The number of benzene rings is 1. The fourth-order valence-corrected chi connectivity index (χ4v) is 3.36. The highest BCUT2D eigenvalue weighted by atomic mass is 19.4. The molecule has 27 heavy (non-hydrogen) atoms. The maximum Gasteiger partial charge on any atom is 0.491 e. The Labute approximate surface area is 152 Å². The molecule has 2 atom stereocenters. The molecule has 1 aromatic carbocycles. The number of halogens is 3. The minimum atomic E-state index is -5.14. The van der Waals surface area contributed by atoms with Crippen LogP contribution < -0.4 is 9.64 Å².